The van der Waals surface area contributed by atoms with Crippen LogP contribution >= 0.6 is 0 Å². The molecule has 0 radical (unpaired) electrons. The summed E-state index contributed by atoms with van der Waals surface area (Å²) in [6, 6.07) is 3.87. The highest BCUT2D eigenvalue weighted by Crippen LogP contribution is 2.18. The van der Waals surface area contributed by atoms with E-state index in [1.165, 1.54) is 7.11 Å². The number of esters is 1. The molecule has 2 heterocycles. The molecule has 0 aliphatic carbocycles. The molecule has 7 heteroatoms. The van der Waals surface area contributed by atoms with E-state index in [2.05, 4.69) is 20.2 Å². The number of guanidine groups is 1. The average molecular weight is 348 g/mol. The number of ether oxygens (including phenoxy) is 2. The largest absolute Gasteiger partial charge is 0.475 e. The molecule has 1 aliphatic heterocycles. The monoisotopic (exact) mass is 348 g/mol. The zero-order chi connectivity index (χ0) is 18.2. The number of aromatic nitrogens is 1. The number of hydrogen-bond donors (Lipinski definition) is 1. The van der Waals surface area contributed by atoms with Gasteiger partial charge in [-0.3, -0.25) is 9.79 Å². The van der Waals surface area contributed by atoms with Gasteiger partial charge in [0.25, 0.3) is 0 Å². The van der Waals surface area contributed by atoms with Gasteiger partial charge in [0.05, 0.1) is 19.1 Å². The molecule has 138 valence electrons. The molecule has 0 saturated carbocycles. The molecule has 0 spiro atoms. The van der Waals surface area contributed by atoms with Gasteiger partial charge in [0.15, 0.2) is 5.96 Å². The second-order valence-electron chi connectivity index (χ2n) is 6.36. The summed E-state index contributed by atoms with van der Waals surface area (Å²) < 4.78 is 10.4. The van der Waals surface area contributed by atoms with Crippen LogP contribution in [0.15, 0.2) is 23.3 Å². The van der Waals surface area contributed by atoms with E-state index in [0.29, 0.717) is 12.4 Å². The molecule has 1 aromatic rings. The van der Waals surface area contributed by atoms with Crippen molar-refractivity contribution < 1.29 is 14.3 Å². The number of rotatable bonds is 5. The van der Waals surface area contributed by atoms with Crippen LogP contribution in [-0.4, -0.2) is 55.2 Å². The normalized spacial score (nSPS) is 16.0. The van der Waals surface area contributed by atoms with Crippen molar-refractivity contribution >= 4 is 11.9 Å². The van der Waals surface area contributed by atoms with Crippen LogP contribution in [0.1, 0.15) is 32.3 Å². The smallest absolute Gasteiger partial charge is 0.308 e. The van der Waals surface area contributed by atoms with Crippen LogP contribution in [0.3, 0.4) is 0 Å². The third-order valence-corrected chi connectivity index (χ3v) is 4.15. The Hall–Kier alpha value is -2.31. The van der Waals surface area contributed by atoms with E-state index < -0.39 is 0 Å². The van der Waals surface area contributed by atoms with Crippen LogP contribution in [0.2, 0.25) is 0 Å². The van der Waals surface area contributed by atoms with Crippen molar-refractivity contribution in [3.05, 3.63) is 23.9 Å². The summed E-state index contributed by atoms with van der Waals surface area (Å²) in [6.07, 6.45) is 3.50. The van der Waals surface area contributed by atoms with Gasteiger partial charge in [0, 0.05) is 38.9 Å². The number of carbonyl (C=O) groups excluding carboxylic acids is 1. The second kappa shape index (κ2) is 9.25. The Morgan fingerprint density at radius 2 is 2.12 bits per heavy atom. The van der Waals surface area contributed by atoms with Gasteiger partial charge >= 0.3 is 5.97 Å². The number of likely N-dealkylation sites (tertiary alicyclic amines) is 1. The molecule has 0 unspecified atom stereocenters. The first-order valence-corrected chi connectivity index (χ1v) is 8.68. The molecule has 0 aromatic carbocycles. The number of hydrogen-bond acceptors (Lipinski definition) is 5. The van der Waals surface area contributed by atoms with Gasteiger partial charge in [0.1, 0.15) is 0 Å². The van der Waals surface area contributed by atoms with Gasteiger partial charge in [-0.1, -0.05) is 6.07 Å². The van der Waals surface area contributed by atoms with Crippen molar-refractivity contribution in [2.45, 2.75) is 39.3 Å². The van der Waals surface area contributed by atoms with Gasteiger partial charge in [-0.25, -0.2) is 4.98 Å². The van der Waals surface area contributed by atoms with Crippen LogP contribution in [0, 0.1) is 5.92 Å². The van der Waals surface area contributed by atoms with E-state index in [9.17, 15) is 4.79 Å². The lowest BCUT2D eigenvalue weighted by molar-refractivity contribution is -0.146. The summed E-state index contributed by atoms with van der Waals surface area (Å²) >= 11 is 0. The van der Waals surface area contributed by atoms with Gasteiger partial charge in [-0.05, 0) is 32.3 Å². The van der Waals surface area contributed by atoms with Gasteiger partial charge in [-0.2, -0.15) is 0 Å². The summed E-state index contributed by atoms with van der Waals surface area (Å²) in [5, 5.41) is 3.35. The SMILES string of the molecule is CN=C(NCc1ccc(OC(C)C)nc1)N1CCC(C(=O)OC)CC1. The number of piperidine rings is 1. The van der Waals surface area contributed by atoms with Crippen LogP contribution in [0.4, 0.5) is 0 Å². The number of carbonyl (C=O) groups is 1. The first kappa shape index (κ1) is 19.0. The van der Waals surface area contributed by atoms with Gasteiger partial charge < -0.3 is 19.7 Å². The molecule has 0 atom stereocenters. The van der Waals surface area contributed by atoms with Crippen molar-refractivity contribution in [3.63, 3.8) is 0 Å². The van der Waals surface area contributed by atoms with E-state index in [1.54, 1.807) is 7.05 Å². The summed E-state index contributed by atoms with van der Waals surface area (Å²) in [6.45, 7) is 6.17. The number of pyridine rings is 1. The van der Waals surface area contributed by atoms with Gasteiger partial charge in [-0.15, -0.1) is 0 Å². The Kier molecular flexibility index (Phi) is 7.03. The Labute approximate surface area is 149 Å². The van der Waals surface area contributed by atoms with E-state index in [4.69, 9.17) is 9.47 Å². The lowest BCUT2D eigenvalue weighted by Gasteiger charge is -2.33. The van der Waals surface area contributed by atoms with Crippen molar-refractivity contribution in [1.82, 2.24) is 15.2 Å². The fourth-order valence-corrected chi connectivity index (χ4v) is 2.83. The van der Waals surface area contributed by atoms with Crippen molar-refractivity contribution in [2.75, 3.05) is 27.2 Å². The number of nitrogens with one attached hydrogen (secondary N) is 1. The highest BCUT2D eigenvalue weighted by Gasteiger charge is 2.26. The molecule has 0 bridgehead atoms. The van der Waals surface area contributed by atoms with Crippen LogP contribution < -0.4 is 10.1 Å². The van der Waals surface area contributed by atoms with E-state index in [1.807, 2.05) is 32.2 Å². The molecule has 2 rings (SSSR count). The number of aliphatic imine (C=N–C) groups is 1. The average Bonchev–Trinajstić information content (AvgIpc) is 2.63. The van der Waals surface area contributed by atoms with Crippen molar-refractivity contribution in [2.24, 2.45) is 10.9 Å². The topological polar surface area (TPSA) is 76.1 Å². The Morgan fingerprint density at radius 1 is 1.40 bits per heavy atom. The third-order valence-electron chi connectivity index (χ3n) is 4.15. The minimum absolute atomic E-state index is 0.00272. The van der Waals surface area contributed by atoms with Gasteiger partial charge in [0.2, 0.25) is 5.88 Å². The minimum atomic E-state index is -0.114. The Morgan fingerprint density at radius 3 is 2.64 bits per heavy atom. The predicted octanol–water partition coefficient (Wildman–Crippen LogP) is 1.83. The molecule has 25 heavy (non-hydrogen) atoms. The highest BCUT2D eigenvalue weighted by atomic mass is 16.5. The lowest BCUT2D eigenvalue weighted by atomic mass is 9.97. The quantitative estimate of drug-likeness (QED) is 0.497. The first-order valence-electron chi connectivity index (χ1n) is 8.68. The second-order valence-corrected chi connectivity index (χ2v) is 6.36. The summed E-state index contributed by atoms with van der Waals surface area (Å²) in [7, 11) is 3.22. The van der Waals surface area contributed by atoms with E-state index in [0.717, 1.165) is 37.5 Å². The molecule has 1 fully saturated rings. The fraction of sp³-hybridized carbons (Fsp3) is 0.611. The van der Waals surface area contributed by atoms with Crippen LogP contribution in [0.5, 0.6) is 5.88 Å². The summed E-state index contributed by atoms with van der Waals surface area (Å²) in [5.41, 5.74) is 1.06. The highest BCUT2D eigenvalue weighted by molar-refractivity contribution is 5.80. The lowest BCUT2D eigenvalue weighted by Crippen LogP contribution is -2.46. The third kappa shape index (κ3) is 5.62. The zero-order valence-corrected chi connectivity index (χ0v) is 15.5. The molecule has 0 amide bonds. The minimum Gasteiger partial charge on any atom is -0.475 e. The maximum Gasteiger partial charge on any atom is 0.308 e. The van der Waals surface area contributed by atoms with Crippen LogP contribution in [-0.2, 0) is 16.1 Å². The number of nitrogens with zero attached hydrogens (tertiary/aromatic N) is 3. The van der Waals surface area contributed by atoms with E-state index in [-0.39, 0.29) is 18.0 Å². The Balaban J connectivity index is 1.84. The predicted molar refractivity (Wildman–Crippen MR) is 96.5 cm³/mol. The molecule has 7 nitrogen and oxygen atoms in total. The van der Waals surface area contributed by atoms with E-state index >= 15 is 0 Å². The summed E-state index contributed by atoms with van der Waals surface area (Å²) in [5.74, 6) is 1.35. The number of methoxy groups -OCH3 is 1. The molecule has 1 aromatic heterocycles. The van der Waals surface area contributed by atoms with Crippen molar-refractivity contribution in [3.8, 4) is 5.88 Å². The fourth-order valence-electron chi connectivity index (χ4n) is 2.83. The standard InChI is InChI=1S/C18H28N4O3/c1-13(2)25-16-6-5-14(11-20-16)12-21-18(19-3)22-9-7-15(8-10-22)17(23)24-4/h5-6,11,13,15H,7-10,12H2,1-4H3,(H,19,21). The van der Waals surface area contributed by atoms with Crippen LogP contribution in [0.25, 0.3) is 0 Å². The summed E-state index contributed by atoms with van der Waals surface area (Å²) in [4.78, 5) is 22.4. The molecular weight excluding hydrogens is 320 g/mol. The maximum atomic E-state index is 11.6. The Bertz CT molecular complexity index is 578. The molecule has 1 aliphatic rings. The van der Waals surface area contributed by atoms with Crippen molar-refractivity contribution in [1.29, 1.82) is 0 Å². The molecule has 1 N–H and O–H groups in total. The maximum absolute atomic E-state index is 11.6. The first-order chi connectivity index (χ1) is 12.0. The molecule has 1 saturated heterocycles. The zero-order valence-electron chi connectivity index (χ0n) is 15.5. The molecular formula is C18H28N4O3.